The van der Waals surface area contributed by atoms with Gasteiger partial charge in [-0.3, -0.25) is 5.14 Å². The first kappa shape index (κ1) is 7.89. The van der Waals surface area contributed by atoms with E-state index in [1.807, 2.05) is 0 Å². The van der Waals surface area contributed by atoms with E-state index in [4.69, 9.17) is 5.14 Å². The molecule has 10 heavy (non-hydrogen) atoms. The molecule has 1 unspecified atom stereocenters. The lowest BCUT2D eigenvalue weighted by Crippen LogP contribution is -2.03. The third kappa shape index (κ3) is 1.89. The molecule has 0 heterocycles. The van der Waals surface area contributed by atoms with E-state index in [2.05, 4.69) is 25.2 Å². The average molecular weight is 155 g/mol. The number of allylic oxidation sites excluding steroid dienone is 3. The maximum Gasteiger partial charge on any atom is 0.0408 e. The van der Waals surface area contributed by atoms with E-state index < -0.39 is 0 Å². The van der Waals surface area contributed by atoms with Crippen LogP contribution in [0.4, 0.5) is 0 Å². The monoisotopic (exact) mass is 155 g/mol. The summed E-state index contributed by atoms with van der Waals surface area (Å²) in [5, 5.41) is 5.94. The van der Waals surface area contributed by atoms with E-state index in [0.717, 1.165) is 12.8 Å². The molecule has 0 aliphatic heterocycles. The van der Waals surface area contributed by atoms with Crippen molar-refractivity contribution >= 4 is 11.9 Å². The second kappa shape index (κ2) is 3.84. The normalized spacial score (nSPS) is 24.6. The van der Waals surface area contributed by atoms with E-state index >= 15 is 0 Å². The van der Waals surface area contributed by atoms with Gasteiger partial charge in [-0.1, -0.05) is 42.7 Å². The third-order valence-corrected chi connectivity index (χ3v) is 2.42. The van der Waals surface area contributed by atoms with Crippen molar-refractivity contribution in [1.29, 1.82) is 0 Å². The Morgan fingerprint density at radius 1 is 1.80 bits per heavy atom. The van der Waals surface area contributed by atoms with E-state index in [-0.39, 0.29) is 0 Å². The van der Waals surface area contributed by atoms with Gasteiger partial charge in [0.05, 0.1) is 0 Å². The second-order valence-electron chi connectivity index (χ2n) is 2.40. The quantitative estimate of drug-likeness (QED) is 0.619. The van der Waals surface area contributed by atoms with Crippen molar-refractivity contribution < 1.29 is 0 Å². The first-order valence-electron chi connectivity index (χ1n) is 3.59. The minimum Gasteiger partial charge on any atom is -0.277 e. The fourth-order valence-electron chi connectivity index (χ4n) is 1.01. The molecular formula is C8H13NS. The molecule has 0 radical (unpaired) electrons. The van der Waals surface area contributed by atoms with E-state index in [9.17, 15) is 0 Å². The number of hydrogen-bond donors (Lipinski definition) is 1. The number of nitrogens with two attached hydrogens (primary N) is 1. The second-order valence-corrected chi connectivity index (χ2v) is 3.28. The maximum absolute atomic E-state index is 5.43. The highest BCUT2D eigenvalue weighted by molar-refractivity contribution is 7.97. The van der Waals surface area contributed by atoms with Crippen LogP contribution in [0, 0.1) is 0 Å². The van der Waals surface area contributed by atoms with Crippen molar-refractivity contribution in [2.24, 2.45) is 5.14 Å². The largest absolute Gasteiger partial charge is 0.277 e. The molecule has 0 saturated carbocycles. The molecule has 1 aliphatic rings. The van der Waals surface area contributed by atoms with Crippen LogP contribution < -0.4 is 5.14 Å². The first-order chi connectivity index (χ1) is 4.86. The Hall–Kier alpha value is -0.210. The summed E-state index contributed by atoms with van der Waals surface area (Å²) in [5.74, 6) is 0. The first-order valence-corrected chi connectivity index (χ1v) is 4.54. The zero-order valence-corrected chi connectivity index (χ0v) is 7.03. The lowest BCUT2D eigenvalue weighted by atomic mass is 10.1. The van der Waals surface area contributed by atoms with Gasteiger partial charge < -0.3 is 0 Å². The molecule has 0 aromatic heterocycles. The van der Waals surface area contributed by atoms with Crippen molar-refractivity contribution in [3.05, 3.63) is 23.8 Å². The lowest BCUT2D eigenvalue weighted by Gasteiger charge is -2.11. The zero-order chi connectivity index (χ0) is 7.40. The predicted octanol–water partition coefficient (Wildman–Crippen LogP) is 2.26. The van der Waals surface area contributed by atoms with Crippen molar-refractivity contribution in [3.8, 4) is 0 Å². The SMILES string of the molecule is CCC1=CCC(SN)C=C1. The summed E-state index contributed by atoms with van der Waals surface area (Å²) in [4.78, 5) is 0. The average Bonchev–Trinajstić information content (AvgIpc) is 2.05. The van der Waals surface area contributed by atoms with Crippen LogP contribution in [0.15, 0.2) is 23.8 Å². The Labute approximate surface area is 66.5 Å². The summed E-state index contributed by atoms with van der Waals surface area (Å²) >= 11 is 1.43. The topological polar surface area (TPSA) is 26.0 Å². The molecular weight excluding hydrogens is 142 g/mol. The van der Waals surface area contributed by atoms with Crippen molar-refractivity contribution in [2.45, 2.75) is 25.0 Å². The summed E-state index contributed by atoms with van der Waals surface area (Å²) in [7, 11) is 0. The van der Waals surface area contributed by atoms with Crippen molar-refractivity contribution in [1.82, 2.24) is 0 Å². The van der Waals surface area contributed by atoms with Gasteiger partial charge in [0, 0.05) is 5.25 Å². The molecule has 0 spiro atoms. The highest BCUT2D eigenvalue weighted by Gasteiger charge is 2.05. The summed E-state index contributed by atoms with van der Waals surface area (Å²) in [6.45, 7) is 2.17. The molecule has 2 heteroatoms. The molecule has 0 aromatic carbocycles. The van der Waals surface area contributed by atoms with Crippen molar-refractivity contribution in [2.75, 3.05) is 0 Å². The smallest absolute Gasteiger partial charge is 0.0408 e. The van der Waals surface area contributed by atoms with Gasteiger partial charge in [0.2, 0.25) is 0 Å². The molecule has 0 amide bonds. The Kier molecular flexibility index (Phi) is 3.03. The van der Waals surface area contributed by atoms with Gasteiger partial charge >= 0.3 is 0 Å². The Morgan fingerprint density at radius 3 is 3.00 bits per heavy atom. The molecule has 2 N–H and O–H groups in total. The van der Waals surface area contributed by atoms with Crippen LogP contribution in [0.25, 0.3) is 0 Å². The van der Waals surface area contributed by atoms with Gasteiger partial charge in [0.25, 0.3) is 0 Å². The molecule has 1 rings (SSSR count). The van der Waals surface area contributed by atoms with Crippen LogP contribution in [0.1, 0.15) is 19.8 Å². The van der Waals surface area contributed by atoms with Crippen molar-refractivity contribution in [3.63, 3.8) is 0 Å². The Bertz CT molecular complexity index is 161. The summed E-state index contributed by atoms with van der Waals surface area (Å²) in [6.07, 6.45) is 8.86. The van der Waals surface area contributed by atoms with E-state index in [1.165, 1.54) is 17.5 Å². The van der Waals surface area contributed by atoms with Crippen LogP contribution in [0.2, 0.25) is 0 Å². The van der Waals surface area contributed by atoms with Crippen LogP contribution in [-0.4, -0.2) is 5.25 Å². The minimum absolute atomic E-state index is 0.510. The molecule has 56 valence electrons. The van der Waals surface area contributed by atoms with Gasteiger partial charge in [0.15, 0.2) is 0 Å². The van der Waals surface area contributed by atoms with Crippen LogP contribution >= 0.6 is 11.9 Å². The minimum atomic E-state index is 0.510. The molecule has 1 nitrogen and oxygen atoms in total. The summed E-state index contributed by atoms with van der Waals surface area (Å²) < 4.78 is 0. The van der Waals surface area contributed by atoms with Crippen LogP contribution in [0.3, 0.4) is 0 Å². The van der Waals surface area contributed by atoms with Gasteiger partial charge in [-0.25, -0.2) is 0 Å². The maximum atomic E-state index is 5.43. The highest BCUT2D eigenvalue weighted by Crippen LogP contribution is 2.19. The number of hydrogen-bond acceptors (Lipinski definition) is 2. The Morgan fingerprint density at radius 2 is 2.60 bits per heavy atom. The Balaban J connectivity index is 2.46. The molecule has 0 aromatic rings. The highest BCUT2D eigenvalue weighted by atomic mass is 32.2. The zero-order valence-electron chi connectivity index (χ0n) is 6.21. The molecule has 1 aliphatic carbocycles. The van der Waals surface area contributed by atoms with E-state index in [1.54, 1.807) is 0 Å². The fraction of sp³-hybridized carbons (Fsp3) is 0.500. The van der Waals surface area contributed by atoms with Gasteiger partial charge in [0.1, 0.15) is 0 Å². The lowest BCUT2D eigenvalue weighted by molar-refractivity contribution is 0.999. The standard InChI is InChI=1S/C8H13NS/c1-2-7-3-5-8(10-9)6-4-7/h3-5,8H,2,6,9H2,1H3. The third-order valence-electron chi connectivity index (χ3n) is 1.72. The summed E-state index contributed by atoms with van der Waals surface area (Å²) in [5.41, 5.74) is 1.44. The fourth-order valence-corrected chi connectivity index (χ4v) is 1.38. The van der Waals surface area contributed by atoms with Gasteiger partial charge in [-0.2, -0.15) is 0 Å². The number of rotatable bonds is 2. The van der Waals surface area contributed by atoms with Gasteiger partial charge in [-0.05, 0) is 12.8 Å². The van der Waals surface area contributed by atoms with Gasteiger partial charge in [-0.15, -0.1) is 0 Å². The molecule has 0 bridgehead atoms. The summed E-state index contributed by atoms with van der Waals surface area (Å²) in [6, 6.07) is 0. The van der Waals surface area contributed by atoms with E-state index in [0.29, 0.717) is 5.25 Å². The molecule has 0 fully saturated rings. The van der Waals surface area contributed by atoms with Crippen LogP contribution in [-0.2, 0) is 0 Å². The molecule has 1 atom stereocenters. The molecule has 0 saturated heterocycles. The predicted molar refractivity (Wildman–Crippen MR) is 47.7 cm³/mol. The van der Waals surface area contributed by atoms with Crippen LogP contribution in [0.5, 0.6) is 0 Å².